The molecule has 1 aromatic heterocycles. The maximum atomic E-state index is 6.15. The largest absolute Gasteiger partial charge is 0.317 e. The minimum atomic E-state index is 0.894. The summed E-state index contributed by atoms with van der Waals surface area (Å²) in [5.41, 5.74) is 1.19. The third-order valence-electron chi connectivity index (χ3n) is 2.39. The van der Waals surface area contributed by atoms with Gasteiger partial charge in [-0.2, -0.15) is 0 Å². The first-order chi connectivity index (χ1) is 7.75. The van der Waals surface area contributed by atoms with Gasteiger partial charge in [0, 0.05) is 11.4 Å². The van der Waals surface area contributed by atoms with Gasteiger partial charge in [-0.1, -0.05) is 18.5 Å². The van der Waals surface area contributed by atoms with Gasteiger partial charge in [-0.3, -0.25) is 0 Å². The highest BCUT2D eigenvalue weighted by Gasteiger charge is 2.04. The van der Waals surface area contributed by atoms with E-state index in [1.807, 2.05) is 0 Å². The van der Waals surface area contributed by atoms with Crippen LogP contribution in [0.4, 0.5) is 0 Å². The summed E-state index contributed by atoms with van der Waals surface area (Å²) in [6.07, 6.45) is 2.37. The normalized spacial score (nSPS) is 10.9. The fourth-order valence-corrected chi connectivity index (χ4v) is 2.65. The molecule has 1 rings (SSSR count). The van der Waals surface area contributed by atoms with E-state index in [9.17, 15) is 0 Å². The number of aryl methyl sites for hydroxylation is 1. The first-order valence-corrected chi connectivity index (χ1v) is 7.15. The fraction of sp³-hybridized carbons (Fsp3) is 0.667. The van der Waals surface area contributed by atoms with Crippen LogP contribution in [0.1, 0.15) is 30.2 Å². The van der Waals surface area contributed by atoms with Crippen molar-refractivity contribution in [2.45, 2.75) is 33.2 Å². The Bertz CT molecular complexity index is 299. The molecule has 2 N–H and O–H groups in total. The van der Waals surface area contributed by atoms with Crippen molar-refractivity contribution in [3.63, 3.8) is 0 Å². The van der Waals surface area contributed by atoms with Crippen molar-refractivity contribution >= 4 is 22.9 Å². The monoisotopic (exact) mass is 260 g/mol. The number of hydrogen-bond donors (Lipinski definition) is 2. The predicted molar refractivity (Wildman–Crippen MR) is 73.6 cm³/mol. The van der Waals surface area contributed by atoms with Crippen LogP contribution in [0.25, 0.3) is 0 Å². The van der Waals surface area contributed by atoms with Crippen LogP contribution in [0.2, 0.25) is 5.02 Å². The average molecular weight is 261 g/mol. The van der Waals surface area contributed by atoms with E-state index in [1.54, 1.807) is 11.3 Å². The second kappa shape index (κ2) is 8.07. The lowest BCUT2D eigenvalue weighted by Gasteiger charge is -2.05. The molecule has 0 amide bonds. The van der Waals surface area contributed by atoms with Crippen LogP contribution in [0.3, 0.4) is 0 Å². The lowest BCUT2D eigenvalue weighted by Crippen LogP contribution is -2.22. The van der Waals surface area contributed by atoms with Crippen LogP contribution in [-0.4, -0.2) is 19.6 Å². The first kappa shape index (κ1) is 14.0. The molecule has 0 atom stereocenters. The molecule has 16 heavy (non-hydrogen) atoms. The number of halogens is 1. The summed E-state index contributed by atoms with van der Waals surface area (Å²) in [5, 5.41) is 9.85. The Balaban J connectivity index is 2.05. The lowest BCUT2D eigenvalue weighted by molar-refractivity contribution is 0.594. The van der Waals surface area contributed by atoms with E-state index < -0.39 is 0 Å². The lowest BCUT2D eigenvalue weighted by atomic mass is 10.3. The Morgan fingerprint density at radius 2 is 2.00 bits per heavy atom. The van der Waals surface area contributed by atoms with Crippen LogP contribution < -0.4 is 10.6 Å². The van der Waals surface area contributed by atoms with Crippen LogP contribution in [0.5, 0.6) is 0 Å². The molecule has 1 heterocycles. The number of rotatable bonds is 8. The standard InChI is InChI=1S/C12H21ClN2S/c1-3-5-14-6-4-7-15-8-11-12(13)10(2)9-16-11/h9,14-15H,3-8H2,1-2H3. The number of hydrogen-bond acceptors (Lipinski definition) is 3. The van der Waals surface area contributed by atoms with Crippen molar-refractivity contribution in [1.29, 1.82) is 0 Å². The predicted octanol–water partition coefficient (Wildman–Crippen LogP) is 3.19. The summed E-state index contributed by atoms with van der Waals surface area (Å²) in [6, 6.07) is 0. The molecule has 0 saturated heterocycles. The molecule has 2 nitrogen and oxygen atoms in total. The summed E-state index contributed by atoms with van der Waals surface area (Å²) in [7, 11) is 0. The molecular weight excluding hydrogens is 240 g/mol. The maximum absolute atomic E-state index is 6.15. The summed E-state index contributed by atoms with van der Waals surface area (Å²) < 4.78 is 0. The third-order valence-corrected chi connectivity index (χ3v) is 4.13. The van der Waals surface area contributed by atoms with Crippen LogP contribution in [0.15, 0.2) is 5.38 Å². The Morgan fingerprint density at radius 1 is 1.25 bits per heavy atom. The molecule has 0 radical (unpaired) electrons. The number of thiophene rings is 1. The van der Waals surface area contributed by atoms with Gasteiger partial charge in [-0.25, -0.2) is 0 Å². The van der Waals surface area contributed by atoms with Crippen molar-refractivity contribution in [2.75, 3.05) is 19.6 Å². The topological polar surface area (TPSA) is 24.1 Å². The third kappa shape index (κ3) is 4.83. The number of nitrogens with one attached hydrogen (secondary N) is 2. The summed E-state index contributed by atoms with van der Waals surface area (Å²) >= 11 is 7.89. The Morgan fingerprint density at radius 3 is 2.62 bits per heavy atom. The van der Waals surface area contributed by atoms with Crippen LogP contribution >= 0.6 is 22.9 Å². The second-order valence-electron chi connectivity index (χ2n) is 3.94. The zero-order chi connectivity index (χ0) is 11.8. The highest BCUT2D eigenvalue weighted by Crippen LogP contribution is 2.26. The van der Waals surface area contributed by atoms with Gasteiger partial charge in [0.2, 0.25) is 0 Å². The molecule has 0 saturated carbocycles. The van der Waals surface area contributed by atoms with E-state index in [2.05, 4.69) is 29.9 Å². The smallest absolute Gasteiger partial charge is 0.0587 e. The Hall–Kier alpha value is -0.0900. The quantitative estimate of drug-likeness (QED) is 0.702. The molecule has 0 aliphatic heterocycles. The van der Waals surface area contributed by atoms with Gasteiger partial charge in [0.1, 0.15) is 0 Å². The van der Waals surface area contributed by atoms with Crippen molar-refractivity contribution in [2.24, 2.45) is 0 Å². The molecule has 0 aliphatic carbocycles. The Kier molecular flexibility index (Phi) is 7.05. The van der Waals surface area contributed by atoms with E-state index in [0.29, 0.717) is 0 Å². The zero-order valence-electron chi connectivity index (χ0n) is 10.1. The van der Waals surface area contributed by atoms with Gasteiger partial charge in [0.05, 0.1) is 5.02 Å². The highest BCUT2D eigenvalue weighted by atomic mass is 35.5. The Labute approximate surface area is 107 Å². The van der Waals surface area contributed by atoms with Crippen molar-refractivity contribution in [3.05, 3.63) is 20.8 Å². The van der Waals surface area contributed by atoms with Crippen LogP contribution in [0, 0.1) is 6.92 Å². The minimum Gasteiger partial charge on any atom is -0.317 e. The van der Waals surface area contributed by atoms with Gasteiger partial charge in [0.25, 0.3) is 0 Å². The molecule has 0 fully saturated rings. The van der Waals surface area contributed by atoms with E-state index in [4.69, 9.17) is 11.6 Å². The molecule has 0 bridgehead atoms. The van der Waals surface area contributed by atoms with E-state index in [1.165, 1.54) is 23.3 Å². The molecular formula is C12H21ClN2S. The molecule has 92 valence electrons. The van der Waals surface area contributed by atoms with Crippen molar-refractivity contribution in [1.82, 2.24) is 10.6 Å². The van der Waals surface area contributed by atoms with E-state index in [-0.39, 0.29) is 0 Å². The SMILES string of the molecule is CCCNCCCNCc1scc(C)c1Cl. The van der Waals surface area contributed by atoms with Gasteiger partial charge < -0.3 is 10.6 Å². The van der Waals surface area contributed by atoms with Crippen molar-refractivity contribution in [3.8, 4) is 0 Å². The van der Waals surface area contributed by atoms with Gasteiger partial charge in [-0.05, 0) is 50.3 Å². The van der Waals surface area contributed by atoms with Crippen molar-refractivity contribution < 1.29 is 0 Å². The summed E-state index contributed by atoms with van der Waals surface area (Å²) in [5.74, 6) is 0. The molecule has 0 aromatic carbocycles. The molecule has 0 spiro atoms. The van der Waals surface area contributed by atoms with Gasteiger partial charge in [0.15, 0.2) is 0 Å². The summed E-state index contributed by atoms with van der Waals surface area (Å²) in [4.78, 5) is 1.25. The molecule has 0 aliphatic rings. The first-order valence-electron chi connectivity index (χ1n) is 5.89. The molecule has 1 aromatic rings. The van der Waals surface area contributed by atoms with E-state index in [0.717, 1.165) is 31.2 Å². The minimum absolute atomic E-state index is 0.894. The zero-order valence-corrected chi connectivity index (χ0v) is 11.7. The molecule has 4 heteroatoms. The summed E-state index contributed by atoms with van der Waals surface area (Å²) in [6.45, 7) is 8.40. The van der Waals surface area contributed by atoms with Gasteiger partial charge in [-0.15, -0.1) is 11.3 Å². The fourth-order valence-electron chi connectivity index (χ4n) is 1.44. The second-order valence-corrected chi connectivity index (χ2v) is 5.28. The maximum Gasteiger partial charge on any atom is 0.0587 e. The molecule has 0 unspecified atom stereocenters. The average Bonchev–Trinajstić information content (AvgIpc) is 2.59. The highest BCUT2D eigenvalue weighted by molar-refractivity contribution is 7.10. The van der Waals surface area contributed by atoms with Gasteiger partial charge >= 0.3 is 0 Å². The van der Waals surface area contributed by atoms with Crippen LogP contribution in [-0.2, 0) is 6.54 Å². The van der Waals surface area contributed by atoms with E-state index >= 15 is 0 Å².